The van der Waals surface area contributed by atoms with Gasteiger partial charge in [-0.2, -0.15) is 5.10 Å². The van der Waals surface area contributed by atoms with Crippen molar-refractivity contribution in [2.75, 3.05) is 26.1 Å². The maximum Gasteiger partial charge on any atom is 0.343 e. The number of nitrogens with zero attached hydrogens (tertiary/aromatic N) is 2. The summed E-state index contributed by atoms with van der Waals surface area (Å²) in [7, 11) is 2.65. The number of hydrogen-bond acceptors (Lipinski definition) is 12. The maximum atomic E-state index is 13.2. The molecule has 13 nitrogen and oxygen atoms in total. The van der Waals surface area contributed by atoms with E-state index in [4.69, 9.17) is 33.2 Å². The molecule has 7 aromatic carbocycles. The molecule has 0 aliphatic rings. The topological polar surface area (TPSA) is 146 Å². The smallest absolute Gasteiger partial charge is 0.343 e. The molecule has 8 rings (SSSR count). The summed E-state index contributed by atoms with van der Waals surface area (Å²) in [6.07, 6.45) is 0. The van der Waals surface area contributed by atoms with E-state index < -0.39 is 17.9 Å². The molecule has 0 aliphatic heterocycles. The summed E-state index contributed by atoms with van der Waals surface area (Å²) in [4.78, 5) is 37.9. The van der Waals surface area contributed by atoms with Crippen LogP contribution in [0.25, 0.3) is 11.3 Å². The van der Waals surface area contributed by atoms with Crippen LogP contribution in [0.1, 0.15) is 49.9 Å². The lowest BCUT2D eigenvalue weighted by atomic mass is 10.1. The number of esters is 3. The Kier molecular flexibility index (Phi) is 18.4. The molecule has 362 valence electrons. The largest absolute Gasteiger partial charge is 0.489 e. The summed E-state index contributed by atoms with van der Waals surface area (Å²) in [6.45, 7) is 3.11. The van der Waals surface area contributed by atoms with Crippen molar-refractivity contribution in [2.24, 2.45) is 0 Å². The van der Waals surface area contributed by atoms with Crippen LogP contribution in [0, 0.1) is 0 Å². The van der Waals surface area contributed by atoms with Crippen molar-refractivity contribution < 1.29 is 47.5 Å². The minimum atomic E-state index is -0.607. The Bertz CT molecular complexity index is 2980. The predicted octanol–water partition coefficient (Wildman–Crippen LogP) is 12.2. The third kappa shape index (κ3) is 14.6. The minimum Gasteiger partial charge on any atom is -0.489 e. The number of nitrogens with one attached hydrogen (secondary N) is 1. The van der Waals surface area contributed by atoms with Gasteiger partial charge in [0.1, 0.15) is 72.9 Å². The molecule has 0 fully saturated rings. The van der Waals surface area contributed by atoms with E-state index in [9.17, 15) is 14.4 Å². The predicted molar refractivity (Wildman–Crippen MR) is 274 cm³/mol. The van der Waals surface area contributed by atoms with E-state index in [1.165, 1.54) is 18.9 Å². The second-order valence-corrected chi connectivity index (χ2v) is 16.4. The average molecular weight is 1020 g/mol. The highest BCUT2D eigenvalue weighted by Crippen LogP contribution is 2.37. The zero-order valence-corrected chi connectivity index (χ0v) is 41.0. The SMILES string of the molecule is CCOC(=O)Cn1nc(-c2ccccc2)cc1Nc1cc(OCc2ccccc2)cc(OCc2ccccc2)c1C(=O)OC.COC(=O)c1c(Br)cc(OCc2ccccc2)cc1OCc1ccccc1. The van der Waals surface area contributed by atoms with E-state index in [0.29, 0.717) is 64.3 Å². The Labute approximate surface area is 421 Å². The van der Waals surface area contributed by atoms with E-state index in [0.717, 1.165) is 27.8 Å². The molecule has 14 heteroatoms. The Balaban J connectivity index is 0.000000235. The van der Waals surface area contributed by atoms with E-state index in [1.807, 2.05) is 152 Å². The molecule has 0 atom stereocenters. The number of aromatic nitrogens is 2. The van der Waals surface area contributed by atoms with Gasteiger partial charge >= 0.3 is 17.9 Å². The molecule has 0 radical (unpaired) electrons. The third-order valence-corrected chi connectivity index (χ3v) is 11.2. The monoisotopic (exact) mass is 1020 g/mol. The van der Waals surface area contributed by atoms with E-state index in [2.05, 4.69) is 26.3 Å². The minimum absolute atomic E-state index is 0.141. The van der Waals surface area contributed by atoms with Gasteiger partial charge in [-0.3, -0.25) is 4.79 Å². The summed E-state index contributed by atoms with van der Waals surface area (Å²) in [5, 5.41) is 7.97. The first kappa shape index (κ1) is 50.5. The van der Waals surface area contributed by atoms with Crippen LogP contribution in [0.5, 0.6) is 23.0 Å². The number of anilines is 2. The highest BCUT2D eigenvalue weighted by molar-refractivity contribution is 9.10. The number of benzene rings is 7. The molecule has 0 unspecified atom stereocenters. The molecular formula is C57H52BrN3O10. The van der Waals surface area contributed by atoms with Crippen LogP contribution in [0.3, 0.4) is 0 Å². The van der Waals surface area contributed by atoms with Crippen molar-refractivity contribution in [1.82, 2.24) is 9.78 Å². The first-order valence-corrected chi connectivity index (χ1v) is 23.4. The number of hydrogen-bond donors (Lipinski definition) is 1. The fraction of sp³-hybridized carbons (Fsp3) is 0.158. The fourth-order valence-electron chi connectivity index (χ4n) is 7.06. The molecule has 1 heterocycles. The summed E-state index contributed by atoms with van der Waals surface area (Å²) in [5.41, 5.74) is 6.31. The van der Waals surface area contributed by atoms with Crippen LogP contribution in [-0.2, 0) is 52.0 Å². The number of carbonyl (C=O) groups excluding carboxylic acids is 3. The van der Waals surface area contributed by atoms with E-state index >= 15 is 0 Å². The second-order valence-electron chi connectivity index (χ2n) is 15.6. The van der Waals surface area contributed by atoms with Crippen LogP contribution in [-0.4, -0.2) is 48.5 Å². The second kappa shape index (κ2) is 25.8. The van der Waals surface area contributed by atoms with Crippen molar-refractivity contribution in [2.45, 2.75) is 39.9 Å². The van der Waals surface area contributed by atoms with Crippen LogP contribution >= 0.6 is 15.9 Å². The molecule has 1 N–H and O–H groups in total. The molecule has 0 aliphatic carbocycles. The van der Waals surface area contributed by atoms with Crippen LogP contribution in [0.4, 0.5) is 11.5 Å². The van der Waals surface area contributed by atoms with Crippen LogP contribution in [0.15, 0.2) is 186 Å². The summed E-state index contributed by atoms with van der Waals surface area (Å²) < 4.78 is 41.5. The lowest BCUT2D eigenvalue weighted by molar-refractivity contribution is -0.144. The summed E-state index contributed by atoms with van der Waals surface area (Å²) in [6, 6.07) is 57.2. The van der Waals surface area contributed by atoms with Crippen molar-refractivity contribution >= 4 is 45.3 Å². The zero-order chi connectivity index (χ0) is 49.8. The fourth-order valence-corrected chi connectivity index (χ4v) is 7.64. The molecule has 0 spiro atoms. The van der Waals surface area contributed by atoms with Gasteiger partial charge in [0.2, 0.25) is 0 Å². The van der Waals surface area contributed by atoms with Gasteiger partial charge in [0.25, 0.3) is 0 Å². The van der Waals surface area contributed by atoms with Gasteiger partial charge in [-0.25, -0.2) is 14.3 Å². The van der Waals surface area contributed by atoms with Gasteiger partial charge in [0.15, 0.2) is 0 Å². The Morgan fingerprint density at radius 3 is 1.42 bits per heavy atom. The number of carbonyl (C=O) groups is 3. The first-order chi connectivity index (χ1) is 34.7. The zero-order valence-electron chi connectivity index (χ0n) is 39.4. The van der Waals surface area contributed by atoms with Crippen LogP contribution < -0.4 is 24.3 Å². The van der Waals surface area contributed by atoms with Gasteiger partial charge in [0, 0.05) is 34.3 Å². The molecular weight excluding hydrogens is 967 g/mol. The van der Waals surface area contributed by atoms with Crippen molar-refractivity contribution in [3.05, 3.63) is 220 Å². The standard InChI is InChI=1S/C35H33N3O6.C22H19BrO4/c1-3-42-33(39)22-38-32(21-29(37-38)27-17-11-6-12-18-27)36-30-19-28(43-23-25-13-7-4-8-14-25)20-31(34(30)35(40)41-2)44-24-26-15-9-5-10-16-26;1-25-22(24)21-19(23)12-18(26-14-16-8-4-2-5-9-16)13-20(21)27-15-17-10-6-3-7-11-17/h4-21,36H,3,22-24H2,1-2H3;2-13H,14-15H2,1H3. The van der Waals surface area contributed by atoms with Crippen molar-refractivity contribution in [3.8, 4) is 34.3 Å². The quantitative estimate of drug-likeness (QED) is 0.0573. The summed E-state index contributed by atoms with van der Waals surface area (Å²) in [5.74, 6) is 0.670. The van der Waals surface area contributed by atoms with Gasteiger partial charge in [-0.15, -0.1) is 0 Å². The van der Waals surface area contributed by atoms with Crippen molar-refractivity contribution in [3.63, 3.8) is 0 Å². The van der Waals surface area contributed by atoms with E-state index in [1.54, 1.807) is 37.3 Å². The Morgan fingerprint density at radius 2 is 0.958 bits per heavy atom. The van der Waals surface area contributed by atoms with Crippen LogP contribution in [0.2, 0.25) is 0 Å². The van der Waals surface area contributed by atoms with E-state index in [-0.39, 0.29) is 31.1 Å². The lowest BCUT2D eigenvalue weighted by Gasteiger charge is -2.18. The maximum absolute atomic E-state index is 13.2. The number of ether oxygens (including phenoxy) is 7. The van der Waals surface area contributed by atoms with Gasteiger partial charge in [-0.1, -0.05) is 152 Å². The summed E-state index contributed by atoms with van der Waals surface area (Å²) >= 11 is 3.43. The number of halogens is 1. The lowest BCUT2D eigenvalue weighted by Crippen LogP contribution is -2.17. The first-order valence-electron chi connectivity index (χ1n) is 22.6. The molecule has 0 amide bonds. The number of rotatable bonds is 20. The molecule has 0 bridgehead atoms. The third-order valence-electron chi connectivity index (χ3n) is 10.5. The molecule has 8 aromatic rings. The molecule has 71 heavy (non-hydrogen) atoms. The van der Waals surface area contributed by atoms with Gasteiger partial charge < -0.3 is 38.5 Å². The highest BCUT2D eigenvalue weighted by Gasteiger charge is 2.24. The average Bonchev–Trinajstić information content (AvgIpc) is 3.80. The highest BCUT2D eigenvalue weighted by atomic mass is 79.9. The number of methoxy groups -OCH3 is 2. The Hall–Kier alpha value is -8.36. The molecule has 0 saturated heterocycles. The normalized spacial score (nSPS) is 10.5. The van der Waals surface area contributed by atoms with Gasteiger partial charge in [-0.05, 0) is 51.2 Å². The van der Waals surface area contributed by atoms with Crippen molar-refractivity contribution in [1.29, 1.82) is 0 Å². The molecule has 0 saturated carbocycles. The molecule has 1 aromatic heterocycles. The Morgan fingerprint density at radius 1 is 0.535 bits per heavy atom. The van der Waals surface area contributed by atoms with Gasteiger partial charge in [0.05, 0.1) is 32.2 Å².